The third-order valence-electron chi connectivity index (χ3n) is 4.86. The van der Waals surface area contributed by atoms with E-state index in [2.05, 4.69) is 30.5 Å². The monoisotopic (exact) mass is 399 g/mol. The Bertz CT molecular complexity index is 1400. The highest BCUT2D eigenvalue weighted by Gasteiger charge is 2.16. The van der Waals surface area contributed by atoms with Gasteiger partial charge in [0.2, 0.25) is 5.95 Å². The molecule has 0 aliphatic rings. The van der Waals surface area contributed by atoms with Gasteiger partial charge in [-0.1, -0.05) is 6.07 Å². The van der Waals surface area contributed by atoms with Gasteiger partial charge in [-0.15, -0.1) is 0 Å². The van der Waals surface area contributed by atoms with Crippen molar-refractivity contribution in [3.8, 4) is 11.3 Å². The number of methoxy groups -OCH3 is 1. The molecule has 30 heavy (non-hydrogen) atoms. The molecule has 0 radical (unpaired) electrons. The fourth-order valence-electron chi connectivity index (χ4n) is 3.52. The van der Waals surface area contributed by atoms with Crippen LogP contribution in [0.15, 0.2) is 54.9 Å². The number of esters is 1. The van der Waals surface area contributed by atoms with E-state index in [9.17, 15) is 4.79 Å². The third kappa shape index (κ3) is 2.98. The summed E-state index contributed by atoms with van der Waals surface area (Å²) in [7, 11) is 1.37. The summed E-state index contributed by atoms with van der Waals surface area (Å²) in [5, 5.41) is 12.2. The maximum Gasteiger partial charge on any atom is 0.338 e. The Morgan fingerprint density at radius 2 is 2.10 bits per heavy atom. The van der Waals surface area contributed by atoms with E-state index in [-0.39, 0.29) is 11.9 Å². The average Bonchev–Trinajstić information content (AvgIpc) is 3.39. The van der Waals surface area contributed by atoms with Gasteiger partial charge in [0.05, 0.1) is 24.4 Å². The van der Waals surface area contributed by atoms with Crippen LogP contribution in [0, 0.1) is 0 Å². The van der Waals surface area contributed by atoms with Gasteiger partial charge < -0.3 is 20.8 Å². The number of carbonyl (C=O) groups is 1. The normalized spacial score (nSPS) is 11.1. The standard InChI is InChI=1S/C21H17N7O2/c1-30-20(29)13-3-2-4-16-14(13)9-17(26-16)15-8-12(7-11-10-24-28-19(11)15)25-18-5-6-23-21(22)27-18/h2-10,26H,1H3,(H,24,28)(H3,22,23,25,27). The number of rotatable bonds is 4. The minimum atomic E-state index is -0.380. The lowest BCUT2D eigenvalue weighted by atomic mass is 10.1. The molecule has 5 rings (SSSR count). The highest BCUT2D eigenvalue weighted by Crippen LogP contribution is 2.34. The number of carbonyl (C=O) groups excluding carboxylic acids is 1. The van der Waals surface area contributed by atoms with Gasteiger partial charge in [-0.25, -0.2) is 9.78 Å². The summed E-state index contributed by atoms with van der Waals surface area (Å²) in [5.74, 6) is 0.395. The molecule has 2 aromatic carbocycles. The van der Waals surface area contributed by atoms with E-state index >= 15 is 0 Å². The number of nitrogens with one attached hydrogen (secondary N) is 3. The molecule has 0 saturated carbocycles. The Labute approximate surface area is 170 Å². The first kappa shape index (κ1) is 17.7. The van der Waals surface area contributed by atoms with Crippen molar-refractivity contribution in [2.45, 2.75) is 0 Å². The van der Waals surface area contributed by atoms with Gasteiger partial charge in [-0.05, 0) is 36.4 Å². The van der Waals surface area contributed by atoms with E-state index in [0.29, 0.717) is 11.4 Å². The molecule has 9 nitrogen and oxygen atoms in total. The number of hydrogen-bond donors (Lipinski definition) is 4. The van der Waals surface area contributed by atoms with Crippen LogP contribution >= 0.6 is 0 Å². The van der Waals surface area contributed by atoms with Crippen molar-refractivity contribution in [3.63, 3.8) is 0 Å². The van der Waals surface area contributed by atoms with Crippen LogP contribution < -0.4 is 11.1 Å². The summed E-state index contributed by atoms with van der Waals surface area (Å²) in [5.41, 5.74) is 10.4. The van der Waals surface area contributed by atoms with Crippen molar-refractivity contribution in [1.82, 2.24) is 25.1 Å². The van der Waals surface area contributed by atoms with Gasteiger partial charge in [0, 0.05) is 39.4 Å². The van der Waals surface area contributed by atoms with Crippen molar-refractivity contribution in [2.75, 3.05) is 18.2 Å². The van der Waals surface area contributed by atoms with Gasteiger partial charge in [0.15, 0.2) is 0 Å². The zero-order valence-corrected chi connectivity index (χ0v) is 15.9. The maximum absolute atomic E-state index is 12.1. The van der Waals surface area contributed by atoms with E-state index in [1.165, 1.54) is 7.11 Å². The van der Waals surface area contributed by atoms with Crippen LogP contribution in [0.5, 0.6) is 0 Å². The summed E-state index contributed by atoms with van der Waals surface area (Å²) in [6.45, 7) is 0. The molecule has 0 unspecified atom stereocenters. The van der Waals surface area contributed by atoms with E-state index < -0.39 is 0 Å². The Morgan fingerprint density at radius 3 is 2.93 bits per heavy atom. The Hall–Kier alpha value is -4.40. The molecule has 0 spiro atoms. The van der Waals surface area contributed by atoms with E-state index in [1.807, 2.05) is 30.3 Å². The maximum atomic E-state index is 12.1. The quantitative estimate of drug-likeness (QED) is 0.339. The largest absolute Gasteiger partial charge is 0.465 e. The predicted molar refractivity (Wildman–Crippen MR) is 114 cm³/mol. The van der Waals surface area contributed by atoms with E-state index in [0.717, 1.165) is 38.8 Å². The molecule has 0 atom stereocenters. The van der Waals surface area contributed by atoms with Gasteiger partial charge in [-0.2, -0.15) is 10.1 Å². The summed E-state index contributed by atoms with van der Waals surface area (Å²) < 4.78 is 4.91. The summed E-state index contributed by atoms with van der Waals surface area (Å²) in [4.78, 5) is 23.6. The fourth-order valence-corrected chi connectivity index (χ4v) is 3.52. The lowest BCUT2D eigenvalue weighted by molar-refractivity contribution is 0.0603. The minimum absolute atomic E-state index is 0.190. The Morgan fingerprint density at radius 1 is 1.20 bits per heavy atom. The molecule has 0 amide bonds. The molecule has 3 heterocycles. The molecular weight excluding hydrogens is 382 g/mol. The molecule has 0 saturated heterocycles. The van der Waals surface area contributed by atoms with E-state index in [1.54, 1.807) is 24.5 Å². The number of H-pyrrole nitrogens is 2. The lowest BCUT2D eigenvalue weighted by Gasteiger charge is -2.09. The second-order valence-corrected chi connectivity index (χ2v) is 6.72. The Balaban J connectivity index is 1.65. The number of aromatic amines is 2. The fraction of sp³-hybridized carbons (Fsp3) is 0.0476. The third-order valence-corrected chi connectivity index (χ3v) is 4.86. The number of nitrogen functional groups attached to an aromatic ring is 1. The van der Waals surface area contributed by atoms with Crippen LogP contribution in [0.1, 0.15) is 10.4 Å². The average molecular weight is 399 g/mol. The Kier molecular flexibility index (Phi) is 4.06. The molecule has 148 valence electrons. The number of anilines is 3. The second-order valence-electron chi connectivity index (χ2n) is 6.72. The van der Waals surface area contributed by atoms with Gasteiger partial charge >= 0.3 is 5.97 Å². The van der Waals surface area contributed by atoms with Crippen LogP contribution in [0.2, 0.25) is 0 Å². The van der Waals surface area contributed by atoms with Crippen molar-refractivity contribution in [1.29, 1.82) is 0 Å². The van der Waals surface area contributed by atoms with Gasteiger partial charge in [-0.3, -0.25) is 5.10 Å². The number of benzene rings is 2. The molecule has 0 bridgehead atoms. The van der Waals surface area contributed by atoms with Crippen molar-refractivity contribution in [3.05, 3.63) is 60.4 Å². The first-order valence-corrected chi connectivity index (χ1v) is 9.15. The molecule has 3 aromatic heterocycles. The minimum Gasteiger partial charge on any atom is -0.465 e. The van der Waals surface area contributed by atoms with E-state index in [4.69, 9.17) is 10.5 Å². The van der Waals surface area contributed by atoms with Crippen LogP contribution in [0.3, 0.4) is 0 Å². The number of fused-ring (bicyclic) bond motifs is 2. The highest BCUT2D eigenvalue weighted by molar-refractivity contribution is 6.06. The first-order chi connectivity index (χ1) is 14.6. The zero-order chi connectivity index (χ0) is 20.7. The number of aromatic nitrogens is 5. The molecule has 5 aromatic rings. The molecule has 0 aliphatic heterocycles. The molecule has 5 N–H and O–H groups in total. The van der Waals surface area contributed by atoms with Gasteiger partial charge in [0.1, 0.15) is 5.82 Å². The molecule has 0 aliphatic carbocycles. The summed E-state index contributed by atoms with van der Waals surface area (Å²) >= 11 is 0. The van der Waals surface area contributed by atoms with Crippen molar-refractivity contribution < 1.29 is 9.53 Å². The van der Waals surface area contributed by atoms with Gasteiger partial charge in [0.25, 0.3) is 0 Å². The smallest absolute Gasteiger partial charge is 0.338 e. The zero-order valence-electron chi connectivity index (χ0n) is 15.9. The second kappa shape index (κ2) is 6.89. The number of hydrogen-bond acceptors (Lipinski definition) is 7. The van der Waals surface area contributed by atoms with Crippen LogP contribution in [0.25, 0.3) is 33.1 Å². The summed E-state index contributed by atoms with van der Waals surface area (Å²) in [6, 6.07) is 13.1. The first-order valence-electron chi connectivity index (χ1n) is 9.15. The molecular formula is C21H17N7O2. The number of nitrogens with zero attached hydrogens (tertiary/aromatic N) is 3. The van der Waals surface area contributed by atoms with Crippen LogP contribution in [0.4, 0.5) is 17.5 Å². The van der Waals surface area contributed by atoms with Crippen molar-refractivity contribution in [2.24, 2.45) is 0 Å². The van der Waals surface area contributed by atoms with Crippen LogP contribution in [-0.4, -0.2) is 38.2 Å². The van der Waals surface area contributed by atoms with Crippen molar-refractivity contribution >= 4 is 45.2 Å². The number of nitrogens with two attached hydrogens (primary N) is 1. The highest BCUT2D eigenvalue weighted by atomic mass is 16.5. The molecule has 9 heteroatoms. The summed E-state index contributed by atoms with van der Waals surface area (Å²) in [6.07, 6.45) is 3.34. The molecule has 0 fully saturated rings. The predicted octanol–water partition coefficient (Wildman–Crippen LogP) is 3.61. The van der Waals surface area contributed by atoms with Crippen LogP contribution in [-0.2, 0) is 4.74 Å². The number of ether oxygens (including phenoxy) is 1. The topological polar surface area (TPSA) is 135 Å². The SMILES string of the molecule is COC(=O)c1cccc2[nH]c(-c3cc(Nc4ccnc(N)n4)cc4cn[nH]c34)cc12. The lowest BCUT2D eigenvalue weighted by Crippen LogP contribution is -2.00.